The third kappa shape index (κ3) is 2.57. The molecule has 63 valence electrons. The molecule has 0 saturated heterocycles. The summed E-state index contributed by atoms with van der Waals surface area (Å²) in [4.78, 5) is 0. The van der Waals surface area contributed by atoms with Crippen molar-refractivity contribution in [2.75, 3.05) is 0 Å². The molecule has 0 aromatic heterocycles. The van der Waals surface area contributed by atoms with Crippen LogP contribution in [-0.2, 0) is 21.7 Å². The Morgan fingerprint density at radius 1 is 1.18 bits per heavy atom. The summed E-state index contributed by atoms with van der Waals surface area (Å²) in [7, 11) is 0. The van der Waals surface area contributed by atoms with Crippen molar-refractivity contribution in [1.82, 2.24) is 0 Å². The molecule has 0 aromatic rings. The molecule has 2 saturated carbocycles. The molecule has 0 spiro atoms. The van der Waals surface area contributed by atoms with Crippen LogP contribution in [0.15, 0.2) is 0 Å². The standard InChI is InChI=1S/C7H12N.2CH3.Ti/c8-7-4-5-1-2-6(7)3-5;;;/h5-6H,1-4,8H2;2*1H3;/q3*-1;+3. The maximum Gasteiger partial charge on any atom is 3.00 e. The van der Waals surface area contributed by atoms with Gasteiger partial charge in [-0.15, -0.1) is 0 Å². The number of nitrogens with two attached hydrogens (primary N) is 1. The van der Waals surface area contributed by atoms with Crippen LogP contribution in [0.2, 0.25) is 0 Å². The van der Waals surface area contributed by atoms with E-state index in [0.717, 1.165) is 11.8 Å². The average Bonchev–Trinajstić information content (AvgIpc) is 2.23. The second-order valence-corrected chi connectivity index (χ2v) is 3.16. The molecule has 0 amide bonds. The number of fused-ring (bicyclic) bond motifs is 2. The molecule has 2 fully saturated rings. The van der Waals surface area contributed by atoms with Gasteiger partial charge in [-0.1, -0.05) is 25.2 Å². The van der Waals surface area contributed by atoms with Gasteiger partial charge in [-0.05, 0) is 0 Å². The van der Waals surface area contributed by atoms with Crippen molar-refractivity contribution in [1.29, 1.82) is 0 Å². The SMILES string of the molecule is N[C-]1CC2CCC1C2.[CH3-].[CH3-].[Ti+3]. The van der Waals surface area contributed by atoms with Gasteiger partial charge in [0.25, 0.3) is 0 Å². The third-order valence-electron chi connectivity index (χ3n) is 2.59. The monoisotopic (exact) mass is 188 g/mol. The predicted molar refractivity (Wildman–Crippen MR) is 45.7 cm³/mol. The fraction of sp³-hybridized carbons (Fsp3) is 0.667. The zero-order valence-corrected chi connectivity index (χ0v) is 9.12. The van der Waals surface area contributed by atoms with E-state index in [1.165, 1.54) is 31.7 Å². The van der Waals surface area contributed by atoms with Gasteiger partial charge in [-0.2, -0.15) is 12.3 Å². The van der Waals surface area contributed by atoms with Crippen molar-refractivity contribution in [3.63, 3.8) is 0 Å². The summed E-state index contributed by atoms with van der Waals surface area (Å²) in [5, 5.41) is 0. The quantitative estimate of drug-likeness (QED) is 0.457. The van der Waals surface area contributed by atoms with Crippen LogP contribution in [0.5, 0.6) is 0 Å². The Morgan fingerprint density at radius 2 is 1.82 bits per heavy atom. The van der Waals surface area contributed by atoms with Crippen LogP contribution in [-0.4, -0.2) is 0 Å². The molecule has 2 bridgehead atoms. The fourth-order valence-electron chi connectivity index (χ4n) is 2.10. The zero-order valence-electron chi connectivity index (χ0n) is 7.56. The van der Waals surface area contributed by atoms with E-state index in [1.54, 1.807) is 0 Å². The molecule has 2 heteroatoms. The van der Waals surface area contributed by atoms with Crippen LogP contribution in [0.4, 0.5) is 0 Å². The van der Waals surface area contributed by atoms with E-state index in [2.05, 4.69) is 0 Å². The molecule has 0 aliphatic heterocycles. The molecule has 11 heavy (non-hydrogen) atoms. The van der Waals surface area contributed by atoms with Gasteiger partial charge < -0.3 is 20.6 Å². The van der Waals surface area contributed by atoms with E-state index in [1.807, 2.05) is 0 Å². The Kier molecular flexibility index (Phi) is 6.90. The zero-order chi connectivity index (χ0) is 5.56. The van der Waals surface area contributed by atoms with Gasteiger partial charge in [-0.25, -0.2) is 0 Å². The molecule has 2 unspecified atom stereocenters. The molecule has 1 nitrogen and oxygen atoms in total. The Balaban J connectivity index is 0. The summed E-state index contributed by atoms with van der Waals surface area (Å²) in [6.45, 7) is 0. The second kappa shape index (κ2) is 5.34. The van der Waals surface area contributed by atoms with Crippen molar-refractivity contribution in [2.45, 2.75) is 25.7 Å². The van der Waals surface area contributed by atoms with Gasteiger partial charge in [0.05, 0.1) is 0 Å². The van der Waals surface area contributed by atoms with E-state index < -0.39 is 0 Å². The van der Waals surface area contributed by atoms with Crippen LogP contribution in [0.3, 0.4) is 0 Å². The minimum Gasteiger partial charge on any atom is -0.480 e. The third-order valence-corrected chi connectivity index (χ3v) is 2.59. The maximum atomic E-state index is 5.74. The normalized spacial score (nSPS) is 33.5. The fourth-order valence-corrected chi connectivity index (χ4v) is 2.10. The first-order valence-corrected chi connectivity index (χ1v) is 3.47. The summed E-state index contributed by atoms with van der Waals surface area (Å²) >= 11 is 0. The van der Waals surface area contributed by atoms with Crippen LogP contribution in [0.1, 0.15) is 25.7 Å². The van der Waals surface area contributed by atoms with E-state index in [9.17, 15) is 0 Å². The molecule has 2 N–H and O–H groups in total. The first kappa shape index (κ1) is 14.2. The maximum absolute atomic E-state index is 5.74. The van der Waals surface area contributed by atoms with Crippen LogP contribution in [0.25, 0.3) is 0 Å². The molecule has 0 heterocycles. The summed E-state index contributed by atoms with van der Waals surface area (Å²) in [5.41, 5.74) is 5.74. The number of rotatable bonds is 0. The van der Waals surface area contributed by atoms with Crippen LogP contribution >= 0.6 is 0 Å². The van der Waals surface area contributed by atoms with E-state index in [-0.39, 0.29) is 36.6 Å². The van der Waals surface area contributed by atoms with E-state index in [0.29, 0.717) is 0 Å². The molecule has 2 rings (SSSR count). The second-order valence-electron chi connectivity index (χ2n) is 3.16. The van der Waals surface area contributed by atoms with Gasteiger partial charge in [-0.3, -0.25) is 6.04 Å². The Hall–Kier alpha value is 0.674. The van der Waals surface area contributed by atoms with E-state index in [4.69, 9.17) is 5.73 Å². The summed E-state index contributed by atoms with van der Waals surface area (Å²) < 4.78 is 0. The average molecular weight is 188 g/mol. The topological polar surface area (TPSA) is 26.0 Å². The van der Waals surface area contributed by atoms with Gasteiger partial charge >= 0.3 is 21.7 Å². The van der Waals surface area contributed by atoms with Crippen molar-refractivity contribution >= 4 is 0 Å². The Labute approximate surface area is 86.0 Å². The molecular weight excluding hydrogens is 170 g/mol. The summed E-state index contributed by atoms with van der Waals surface area (Å²) in [5.74, 6) is 1.82. The number of hydrogen-bond acceptors (Lipinski definition) is 1. The van der Waals surface area contributed by atoms with Gasteiger partial charge in [0.15, 0.2) is 0 Å². The number of hydrogen-bond donors (Lipinski definition) is 1. The van der Waals surface area contributed by atoms with Crippen molar-refractivity contribution in [2.24, 2.45) is 17.6 Å². The van der Waals surface area contributed by atoms with Gasteiger partial charge in [0.2, 0.25) is 0 Å². The molecular formula is C9H18NTi. The molecule has 2 aliphatic rings. The van der Waals surface area contributed by atoms with Crippen LogP contribution < -0.4 is 5.73 Å². The Morgan fingerprint density at radius 3 is 2.00 bits per heavy atom. The van der Waals surface area contributed by atoms with Gasteiger partial charge in [0, 0.05) is 0 Å². The van der Waals surface area contributed by atoms with Crippen LogP contribution in [0, 0.1) is 32.7 Å². The molecule has 0 aromatic carbocycles. The first-order valence-electron chi connectivity index (χ1n) is 3.47. The van der Waals surface area contributed by atoms with Crippen molar-refractivity contribution < 1.29 is 21.7 Å². The molecule has 2 aliphatic carbocycles. The summed E-state index contributed by atoms with van der Waals surface area (Å²) in [6.07, 6.45) is 5.48. The summed E-state index contributed by atoms with van der Waals surface area (Å²) in [6, 6.07) is 1.29. The smallest absolute Gasteiger partial charge is 0.480 e. The van der Waals surface area contributed by atoms with Crippen molar-refractivity contribution in [3.05, 3.63) is 20.9 Å². The van der Waals surface area contributed by atoms with Crippen molar-refractivity contribution in [3.8, 4) is 0 Å². The molecule has 2 atom stereocenters. The van der Waals surface area contributed by atoms with Gasteiger partial charge in [0.1, 0.15) is 0 Å². The minimum atomic E-state index is 0. The molecule has 1 radical (unpaired) electrons. The largest absolute Gasteiger partial charge is 3.00 e. The minimum absolute atomic E-state index is 0. The first-order chi connectivity index (χ1) is 3.86. The Bertz CT molecular complexity index is 104. The van der Waals surface area contributed by atoms with E-state index >= 15 is 0 Å². The predicted octanol–water partition coefficient (Wildman–Crippen LogP) is 2.20.